The molecule has 220 valence electrons. The van der Waals surface area contributed by atoms with Crippen LogP contribution < -0.4 is 18.9 Å². The van der Waals surface area contributed by atoms with E-state index in [0.29, 0.717) is 61.5 Å². The molecule has 1 aromatic heterocycles. The van der Waals surface area contributed by atoms with Crippen LogP contribution in [0.5, 0.6) is 23.1 Å². The van der Waals surface area contributed by atoms with E-state index in [4.69, 9.17) is 29.2 Å². The second kappa shape index (κ2) is 13.2. The van der Waals surface area contributed by atoms with Gasteiger partial charge in [0.25, 0.3) is 5.88 Å². The number of carbonyl (C=O) groups excluding carboxylic acids is 2. The maximum Gasteiger partial charge on any atom is 0.303 e. The first kappa shape index (κ1) is 29.4. The summed E-state index contributed by atoms with van der Waals surface area (Å²) in [4.78, 5) is 54.0. The minimum atomic E-state index is -1.02. The number of pyridine rings is 1. The smallest absolute Gasteiger partial charge is 0.303 e. The molecule has 2 aliphatic heterocycles. The number of aromatic nitrogens is 1. The van der Waals surface area contributed by atoms with E-state index in [0.717, 1.165) is 16.7 Å². The van der Waals surface area contributed by atoms with E-state index < -0.39 is 11.9 Å². The van der Waals surface area contributed by atoms with Gasteiger partial charge in [-0.3, -0.25) is 19.2 Å². The second-order valence-electron chi connectivity index (χ2n) is 9.71. The van der Waals surface area contributed by atoms with Crippen LogP contribution in [0.15, 0.2) is 18.2 Å². The van der Waals surface area contributed by atoms with Crippen LogP contribution in [0.4, 0.5) is 0 Å². The first-order chi connectivity index (χ1) is 19.7. The molecule has 2 amide bonds. The SMILES string of the molecule is COc1cc2c(cc1OCCCOc1nc3c(cc1OC)CN(C(=O)CCC(=O)O)C3)CN(C(=O)CCC(=O)O)C2. The van der Waals surface area contributed by atoms with E-state index in [9.17, 15) is 19.2 Å². The Balaban J connectivity index is 1.29. The highest BCUT2D eigenvalue weighted by molar-refractivity contribution is 5.82. The van der Waals surface area contributed by atoms with Gasteiger partial charge in [0.05, 0.1) is 52.5 Å². The van der Waals surface area contributed by atoms with Crippen LogP contribution in [-0.4, -0.2) is 76.2 Å². The van der Waals surface area contributed by atoms with E-state index in [1.165, 1.54) is 14.2 Å². The Hall–Kier alpha value is -4.55. The van der Waals surface area contributed by atoms with E-state index in [2.05, 4.69) is 4.98 Å². The van der Waals surface area contributed by atoms with Crippen molar-refractivity contribution in [3.63, 3.8) is 0 Å². The molecule has 13 heteroatoms. The van der Waals surface area contributed by atoms with Crippen molar-refractivity contribution in [2.45, 2.75) is 58.3 Å². The summed E-state index contributed by atoms with van der Waals surface area (Å²) < 4.78 is 22.7. The Kier molecular flexibility index (Phi) is 9.48. The first-order valence-corrected chi connectivity index (χ1v) is 13.2. The molecule has 0 atom stereocenters. The number of hydrogen-bond donors (Lipinski definition) is 2. The maximum absolute atomic E-state index is 12.4. The summed E-state index contributed by atoms with van der Waals surface area (Å²) in [6.07, 6.45) is -0.0193. The summed E-state index contributed by atoms with van der Waals surface area (Å²) in [6.45, 7) is 1.98. The summed E-state index contributed by atoms with van der Waals surface area (Å²) in [7, 11) is 3.04. The third-order valence-corrected chi connectivity index (χ3v) is 6.85. The fourth-order valence-electron chi connectivity index (χ4n) is 4.70. The van der Waals surface area contributed by atoms with Gasteiger partial charge in [-0.25, -0.2) is 4.98 Å². The highest BCUT2D eigenvalue weighted by Crippen LogP contribution is 2.36. The summed E-state index contributed by atoms with van der Waals surface area (Å²) in [5.41, 5.74) is 3.35. The molecule has 0 bridgehead atoms. The molecule has 0 aliphatic carbocycles. The van der Waals surface area contributed by atoms with Gasteiger partial charge in [0.2, 0.25) is 11.8 Å². The molecule has 1 aromatic carbocycles. The number of carbonyl (C=O) groups is 4. The molecule has 0 saturated heterocycles. The Bertz CT molecular complexity index is 1230. The van der Waals surface area contributed by atoms with Gasteiger partial charge in [-0.05, 0) is 34.9 Å². The van der Waals surface area contributed by atoms with Gasteiger partial charge in [0, 0.05) is 38.9 Å². The van der Waals surface area contributed by atoms with Crippen LogP contribution in [0.2, 0.25) is 0 Å². The Morgan fingerprint density at radius 1 is 0.707 bits per heavy atom. The van der Waals surface area contributed by atoms with Gasteiger partial charge in [0.1, 0.15) is 0 Å². The van der Waals surface area contributed by atoms with E-state index in [1.807, 2.05) is 12.1 Å². The van der Waals surface area contributed by atoms with Gasteiger partial charge in [-0.1, -0.05) is 0 Å². The summed E-state index contributed by atoms with van der Waals surface area (Å²) in [6, 6.07) is 5.46. The van der Waals surface area contributed by atoms with Gasteiger partial charge >= 0.3 is 11.9 Å². The average Bonchev–Trinajstić information content (AvgIpc) is 3.56. The average molecular weight is 572 g/mol. The topological polar surface area (TPSA) is 165 Å². The fraction of sp³-hybridized carbons (Fsp3) is 0.464. The molecule has 0 fully saturated rings. The number of methoxy groups -OCH3 is 2. The van der Waals surface area contributed by atoms with Crippen LogP contribution in [0.3, 0.4) is 0 Å². The van der Waals surface area contributed by atoms with Crippen LogP contribution >= 0.6 is 0 Å². The molecule has 4 rings (SSSR count). The van der Waals surface area contributed by atoms with E-state index >= 15 is 0 Å². The zero-order chi connectivity index (χ0) is 29.5. The minimum Gasteiger partial charge on any atom is -0.493 e. The lowest BCUT2D eigenvalue weighted by atomic mass is 10.1. The molecule has 0 saturated carbocycles. The fourth-order valence-corrected chi connectivity index (χ4v) is 4.70. The van der Waals surface area contributed by atoms with Crippen molar-refractivity contribution < 1.29 is 48.3 Å². The number of amides is 2. The predicted molar refractivity (Wildman–Crippen MR) is 142 cm³/mol. The van der Waals surface area contributed by atoms with Crippen LogP contribution in [-0.2, 0) is 45.4 Å². The minimum absolute atomic E-state index is 0.0448. The molecule has 0 unspecified atom stereocenters. The van der Waals surface area contributed by atoms with E-state index in [-0.39, 0.29) is 50.6 Å². The maximum atomic E-state index is 12.4. The van der Waals surface area contributed by atoms with Crippen molar-refractivity contribution in [1.82, 2.24) is 14.8 Å². The molecule has 0 radical (unpaired) electrons. The van der Waals surface area contributed by atoms with Crippen LogP contribution in [0.25, 0.3) is 0 Å². The molecule has 13 nitrogen and oxygen atoms in total. The third-order valence-electron chi connectivity index (χ3n) is 6.85. The second-order valence-corrected chi connectivity index (χ2v) is 9.71. The Morgan fingerprint density at radius 3 is 1.80 bits per heavy atom. The van der Waals surface area contributed by atoms with Gasteiger partial charge in [-0.2, -0.15) is 0 Å². The van der Waals surface area contributed by atoms with Crippen molar-refractivity contribution in [3.05, 3.63) is 40.6 Å². The van der Waals surface area contributed by atoms with Gasteiger partial charge < -0.3 is 39.0 Å². The van der Waals surface area contributed by atoms with Crippen molar-refractivity contribution in [1.29, 1.82) is 0 Å². The molecule has 2 N–H and O–H groups in total. The number of rotatable bonds is 14. The third kappa shape index (κ3) is 7.35. The normalized spacial score (nSPS) is 13.4. The summed E-state index contributed by atoms with van der Waals surface area (Å²) in [5.74, 6) is -0.673. The standard InChI is InChI=1S/C28H33N3O10/c1-38-21-10-17-13-30(24(32)4-6-26(34)35)14-18(17)11-22(21)40-8-3-9-41-28-23(39-2)12-19-15-31(16-20(19)29-28)25(33)5-7-27(36)37/h10-12H,3-9,13-16H2,1-2H3,(H,34,35)(H,36,37). The quantitative estimate of drug-likeness (QED) is 0.320. The van der Waals surface area contributed by atoms with Gasteiger partial charge in [0.15, 0.2) is 17.2 Å². The molecule has 41 heavy (non-hydrogen) atoms. The Morgan fingerprint density at radius 2 is 1.22 bits per heavy atom. The van der Waals surface area contributed by atoms with Crippen LogP contribution in [0, 0.1) is 0 Å². The Labute approximate surface area is 236 Å². The number of fused-ring (bicyclic) bond motifs is 2. The number of carboxylic acid groups (broad SMARTS) is 2. The number of carboxylic acids is 2. The number of aliphatic carboxylic acids is 2. The number of nitrogens with zero attached hydrogens (tertiary/aromatic N) is 3. The number of benzene rings is 1. The molecule has 2 aromatic rings. The zero-order valence-electron chi connectivity index (χ0n) is 23.0. The van der Waals surface area contributed by atoms with Crippen molar-refractivity contribution in [3.8, 4) is 23.1 Å². The number of ether oxygens (including phenoxy) is 4. The monoisotopic (exact) mass is 571 g/mol. The predicted octanol–water partition coefficient (Wildman–Crippen LogP) is 2.36. The lowest BCUT2D eigenvalue weighted by Crippen LogP contribution is -2.25. The molecule has 2 aliphatic rings. The van der Waals surface area contributed by atoms with E-state index in [1.54, 1.807) is 15.9 Å². The number of hydrogen-bond acceptors (Lipinski definition) is 9. The molecule has 3 heterocycles. The summed E-state index contributed by atoms with van der Waals surface area (Å²) >= 11 is 0. The molecular formula is C28H33N3O10. The van der Waals surface area contributed by atoms with Crippen molar-refractivity contribution >= 4 is 23.8 Å². The highest BCUT2D eigenvalue weighted by atomic mass is 16.5. The molecule has 0 spiro atoms. The summed E-state index contributed by atoms with van der Waals surface area (Å²) in [5, 5.41) is 17.7. The van der Waals surface area contributed by atoms with Crippen LogP contribution in [0.1, 0.15) is 54.5 Å². The zero-order valence-corrected chi connectivity index (χ0v) is 23.0. The van der Waals surface area contributed by atoms with Gasteiger partial charge in [-0.15, -0.1) is 0 Å². The van der Waals surface area contributed by atoms with Crippen molar-refractivity contribution in [2.75, 3.05) is 27.4 Å². The highest BCUT2D eigenvalue weighted by Gasteiger charge is 2.28. The lowest BCUT2D eigenvalue weighted by molar-refractivity contribution is -0.141. The first-order valence-electron chi connectivity index (χ1n) is 13.2. The lowest BCUT2D eigenvalue weighted by Gasteiger charge is -2.14. The molecular weight excluding hydrogens is 538 g/mol. The largest absolute Gasteiger partial charge is 0.493 e. The van der Waals surface area contributed by atoms with Crippen molar-refractivity contribution in [2.24, 2.45) is 0 Å².